The van der Waals surface area contributed by atoms with Gasteiger partial charge in [-0.3, -0.25) is 4.68 Å². The number of hydrogen-bond acceptors (Lipinski definition) is 4. The van der Waals surface area contributed by atoms with Crippen LogP contribution in [0.4, 0.5) is 14.5 Å². The number of aromatic nitrogens is 3. The first-order valence-corrected chi connectivity index (χ1v) is 5.27. The molecule has 0 radical (unpaired) electrons. The summed E-state index contributed by atoms with van der Waals surface area (Å²) in [6, 6.07) is 6.30. The molecule has 7 heteroatoms. The van der Waals surface area contributed by atoms with Crippen LogP contribution >= 0.6 is 0 Å². The lowest BCUT2D eigenvalue weighted by Gasteiger charge is -2.08. The lowest BCUT2D eigenvalue weighted by molar-refractivity contribution is -0.0498. The first-order valence-electron chi connectivity index (χ1n) is 5.27. The molecule has 2 aromatic rings. The fourth-order valence-corrected chi connectivity index (χ4v) is 1.42. The Bertz CT molecular complexity index is 498. The van der Waals surface area contributed by atoms with Gasteiger partial charge in [0.25, 0.3) is 0 Å². The van der Waals surface area contributed by atoms with Crippen LogP contribution in [0.15, 0.2) is 30.5 Å². The van der Waals surface area contributed by atoms with Gasteiger partial charge in [-0.2, -0.15) is 8.78 Å². The average Bonchev–Trinajstić information content (AvgIpc) is 2.73. The molecule has 0 saturated carbocycles. The molecule has 0 unspecified atom stereocenters. The van der Waals surface area contributed by atoms with Crippen molar-refractivity contribution in [2.45, 2.75) is 13.2 Å². The van der Waals surface area contributed by atoms with Crippen LogP contribution in [-0.2, 0) is 13.6 Å². The zero-order valence-corrected chi connectivity index (χ0v) is 9.68. The van der Waals surface area contributed by atoms with Gasteiger partial charge in [-0.15, -0.1) is 5.10 Å². The molecule has 1 aromatic carbocycles. The number of nitrogens with one attached hydrogen (secondary N) is 1. The molecule has 0 fully saturated rings. The Morgan fingerprint density at radius 3 is 2.61 bits per heavy atom. The van der Waals surface area contributed by atoms with Crippen molar-refractivity contribution in [1.82, 2.24) is 15.0 Å². The van der Waals surface area contributed by atoms with E-state index in [9.17, 15) is 8.78 Å². The van der Waals surface area contributed by atoms with Crippen LogP contribution in [0.25, 0.3) is 0 Å². The van der Waals surface area contributed by atoms with E-state index < -0.39 is 6.61 Å². The number of nitrogens with zero attached hydrogens (tertiary/aromatic N) is 3. The van der Waals surface area contributed by atoms with Crippen molar-refractivity contribution in [3.05, 3.63) is 36.2 Å². The van der Waals surface area contributed by atoms with Crippen molar-refractivity contribution in [2.75, 3.05) is 5.32 Å². The number of aryl methyl sites for hydroxylation is 1. The maximum Gasteiger partial charge on any atom is 0.387 e. The van der Waals surface area contributed by atoms with Gasteiger partial charge in [0, 0.05) is 12.7 Å². The molecule has 0 amide bonds. The van der Waals surface area contributed by atoms with Crippen LogP contribution < -0.4 is 10.1 Å². The molecule has 0 atom stereocenters. The molecular weight excluding hydrogens is 242 g/mol. The Morgan fingerprint density at radius 2 is 2.06 bits per heavy atom. The van der Waals surface area contributed by atoms with Gasteiger partial charge >= 0.3 is 6.61 Å². The number of ether oxygens (including phenoxy) is 1. The molecule has 0 aliphatic carbocycles. The standard InChI is InChI=1S/C11H12F2N4O/c1-17-9(7-15-16-17)6-14-8-2-4-10(5-3-8)18-11(12)13/h2-5,7,11,14H,6H2,1H3. The summed E-state index contributed by atoms with van der Waals surface area (Å²) in [6.45, 7) is -2.25. The molecule has 18 heavy (non-hydrogen) atoms. The maximum atomic E-state index is 11.9. The van der Waals surface area contributed by atoms with Gasteiger partial charge in [0.05, 0.1) is 18.4 Å². The number of hydrogen-bond donors (Lipinski definition) is 1. The van der Waals surface area contributed by atoms with Crippen molar-refractivity contribution in [3.8, 4) is 5.75 Å². The van der Waals surface area contributed by atoms with E-state index in [1.54, 1.807) is 30.1 Å². The van der Waals surface area contributed by atoms with Gasteiger partial charge in [-0.05, 0) is 24.3 Å². The number of rotatable bonds is 5. The fourth-order valence-electron chi connectivity index (χ4n) is 1.42. The molecule has 96 valence electrons. The second-order valence-electron chi connectivity index (χ2n) is 3.61. The van der Waals surface area contributed by atoms with Crippen molar-refractivity contribution in [2.24, 2.45) is 7.05 Å². The summed E-state index contributed by atoms with van der Waals surface area (Å²) in [4.78, 5) is 0. The number of benzene rings is 1. The Kier molecular flexibility index (Phi) is 3.71. The van der Waals surface area contributed by atoms with Crippen LogP contribution in [-0.4, -0.2) is 21.6 Å². The predicted molar refractivity (Wildman–Crippen MR) is 61.4 cm³/mol. The van der Waals surface area contributed by atoms with Crippen molar-refractivity contribution in [1.29, 1.82) is 0 Å². The number of halogens is 2. The van der Waals surface area contributed by atoms with E-state index in [0.29, 0.717) is 6.54 Å². The first kappa shape index (κ1) is 12.3. The second-order valence-corrected chi connectivity index (χ2v) is 3.61. The fraction of sp³-hybridized carbons (Fsp3) is 0.273. The zero-order chi connectivity index (χ0) is 13.0. The maximum absolute atomic E-state index is 11.9. The van der Waals surface area contributed by atoms with Gasteiger partial charge in [-0.1, -0.05) is 5.21 Å². The highest BCUT2D eigenvalue weighted by molar-refractivity contribution is 5.46. The smallest absolute Gasteiger partial charge is 0.387 e. The molecule has 2 rings (SSSR count). The predicted octanol–water partition coefficient (Wildman–Crippen LogP) is 2.03. The third kappa shape index (κ3) is 3.16. The van der Waals surface area contributed by atoms with E-state index in [1.807, 2.05) is 0 Å². The molecule has 0 aliphatic heterocycles. The van der Waals surface area contributed by atoms with Crippen LogP contribution in [0, 0.1) is 0 Å². The lowest BCUT2D eigenvalue weighted by Crippen LogP contribution is -2.05. The summed E-state index contributed by atoms with van der Waals surface area (Å²) in [5.74, 6) is 0.137. The normalized spacial score (nSPS) is 10.7. The van der Waals surface area contributed by atoms with Crippen LogP contribution in [0.5, 0.6) is 5.75 Å². The Morgan fingerprint density at radius 1 is 1.33 bits per heavy atom. The van der Waals surface area contributed by atoms with Gasteiger partial charge in [0.1, 0.15) is 5.75 Å². The highest BCUT2D eigenvalue weighted by Crippen LogP contribution is 2.18. The topological polar surface area (TPSA) is 52.0 Å². The Hall–Kier alpha value is -2.18. The molecule has 1 heterocycles. The van der Waals surface area contributed by atoms with Gasteiger partial charge in [-0.25, -0.2) is 0 Å². The summed E-state index contributed by atoms with van der Waals surface area (Å²) in [7, 11) is 1.80. The number of anilines is 1. The Balaban J connectivity index is 1.92. The summed E-state index contributed by atoms with van der Waals surface area (Å²) in [6.07, 6.45) is 1.65. The number of alkyl halides is 2. The van der Waals surface area contributed by atoms with E-state index in [-0.39, 0.29) is 5.75 Å². The third-order valence-electron chi connectivity index (χ3n) is 2.36. The van der Waals surface area contributed by atoms with Crippen LogP contribution in [0.1, 0.15) is 5.69 Å². The zero-order valence-electron chi connectivity index (χ0n) is 9.68. The minimum Gasteiger partial charge on any atom is -0.435 e. The summed E-state index contributed by atoms with van der Waals surface area (Å²) in [5, 5.41) is 10.7. The molecule has 1 N–H and O–H groups in total. The van der Waals surface area contributed by atoms with E-state index in [1.165, 1.54) is 12.1 Å². The molecule has 0 spiro atoms. The SMILES string of the molecule is Cn1nncc1CNc1ccc(OC(F)F)cc1. The first-order chi connectivity index (χ1) is 8.65. The Labute approximate surface area is 102 Å². The minimum absolute atomic E-state index is 0.137. The van der Waals surface area contributed by atoms with Gasteiger partial charge in [0.15, 0.2) is 0 Å². The second kappa shape index (κ2) is 5.44. The molecule has 0 bridgehead atoms. The lowest BCUT2D eigenvalue weighted by atomic mass is 10.3. The summed E-state index contributed by atoms with van der Waals surface area (Å²) < 4.78 is 29.8. The van der Waals surface area contributed by atoms with Gasteiger partial charge in [0.2, 0.25) is 0 Å². The molecule has 1 aromatic heterocycles. The van der Waals surface area contributed by atoms with Crippen molar-refractivity contribution >= 4 is 5.69 Å². The molecule has 0 aliphatic rings. The summed E-state index contributed by atoms with van der Waals surface area (Å²) in [5.41, 5.74) is 1.72. The summed E-state index contributed by atoms with van der Waals surface area (Å²) >= 11 is 0. The minimum atomic E-state index is -2.80. The van der Waals surface area contributed by atoms with Crippen LogP contribution in [0.3, 0.4) is 0 Å². The molecular formula is C11H12F2N4O. The van der Waals surface area contributed by atoms with E-state index >= 15 is 0 Å². The third-order valence-corrected chi connectivity index (χ3v) is 2.36. The van der Waals surface area contributed by atoms with Crippen LogP contribution in [0.2, 0.25) is 0 Å². The quantitative estimate of drug-likeness (QED) is 0.887. The highest BCUT2D eigenvalue weighted by atomic mass is 19.3. The van der Waals surface area contributed by atoms with Crippen molar-refractivity contribution in [3.63, 3.8) is 0 Å². The monoisotopic (exact) mass is 254 g/mol. The molecule has 0 saturated heterocycles. The van der Waals surface area contributed by atoms with E-state index in [0.717, 1.165) is 11.4 Å². The van der Waals surface area contributed by atoms with E-state index in [2.05, 4.69) is 20.4 Å². The van der Waals surface area contributed by atoms with Crippen molar-refractivity contribution < 1.29 is 13.5 Å². The van der Waals surface area contributed by atoms with E-state index in [4.69, 9.17) is 0 Å². The van der Waals surface area contributed by atoms with Gasteiger partial charge < -0.3 is 10.1 Å². The highest BCUT2D eigenvalue weighted by Gasteiger charge is 2.04. The molecule has 5 nitrogen and oxygen atoms in total. The largest absolute Gasteiger partial charge is 0.435 e. The average molecular weight is 254 g/mol.